The van der Waals surface area contributed by atoms with Gasteiger partial charge in [0.2, 0.25) is 5.91 Å². The minimum atomic E-state index is -0.347. The highest BCUT2D eigenvalue weighted by Gasteiger charge is 2.30. The average Bonchev–Trinajstić information content (AvgIpc) is 2.87. The summed E-state index contributed by atoms with van der Waals surface area (Å²) in [4.78, 5) is 29.1. The summed E-state index contributed by atoms with van der Waals surface area (Å²) in [5.41, 5.74) is 0.494. The lowest BCUT2D eigenvalue weighted by Crippen LogP contribution is -2.45. The minimum Gasteiger partial charge on any atom is -0.341 e. The van der Waals surface area contributed by atoms with Gasteiger partial charge in [0, 0.05) is 43.7 Å². The van der Waals surface area contributed by atoms with Crippen molar-refractivity contribution in [2.45, 2.75) is 32.2 Å². The number of piperidine rings is 1. The number of carbonyl (C=O) groups is 2. The van der Waals surface area contributed by atoms with Crippen molar-refractivity contribution in [3.63, 3.8) is 0 Å². The molecular formula is C19H26FN3O2. The zero-order chi connectivity index (χ0) is 17.8. The summed E-state index contributed by atoms with van der Waals surface area (Å²) in [5.74, 6) is -0.120. The maximum absolute atomic E-state index is 13.0. The van der Waals surface area contributed by atoms with Crippen LogP contribution in [0.15, 0.2) is 24.3 Å². The number of rotatable bonds is 2. The van der Waals surface area contributed by atoms with Crippen LogP contribution in [0.4, 0.5) is 4.39 Å². The van der Waals surface area contributed by atoms with Gasteiger partial charge in [0.1, 0.15) is 5.82 Å². The SMILES string of the molecule is C[C@H]1C[C@@H](C(=O)N2CCCN(C(=O)c3ccc(F)cc3)CC2)CCN1. The lowest BCUT2D eigenvalue weighted by molar-refractivity contribution is -0.136. The molecule has 0 aromatic heterocycles. The molecule has 2 aliphatic rings. The van der Waals surface area contributed by atoms with Crippen molar-refractivity contribution >= 4 is 11.8 Å². The van der Waals surface area contributed by atoms with Crippen molar-refractivity contribution in [2.75, 3.05) is 32.7 Å². The summed E-state index contributed by atoms with van der Waals surface area (Å²) in [6, 6.07) is 6.02. The Balaban J connectivity index is 1.59. The summed E-state index contributed by atoms with van der Waals surface area (Å²) < 4.78 is 13.0. The Kier molecular flexibility index (Phi) is 5.68. The molecule has 0 saturated carbocycles. The molecule has 136 valence electrons. The number of benzene rings is 1. The van der Waals surface area contributed by atoms with E-state index in [-0.39, 0.29) is 23.5 Å². The molecular weight excluding hydrogens is 321 g/mol. The number of nitrogens with one attached hydrogen (secondary N) is 1. The summed E-state index contributed by atoms with van der Waals surface area (Å²) in [6.45, 7) is 5.44. The molecule has 5 nitrogen and oxygen atoms in total. The molecule has 25 heavy (non-hydrogen) atoms. The van der Waals surface area contributed by atoms with Crippen molar-refractivity contribution in [3.8, 4) is 0 Å². The van der Waals surface area contributed by atoms with Gasteiger partial charge in [0.15, 0.2) is 0 Å². The molecule has 2 amide bonds. The highest BCUT2D eigenvalue weighted by atomic mass is 19.1. The van der Waals surface area contributed by atoms with Crippen molar-refractivity contribution in [3.05, 3.63) is 35.6 Å². The van der Waals surface area contributed by atoms with Gasteiger partial charge < -0.3 is 15.1 Å². The molecule has 0 bridgehead atoms. The molecule has 2 saturated heterocycles. The van der Waals surface area contributed by atoms with Gasteiger partial charge in [-0.3, -0.25) is 9.59 Å². The molecule has 3 rings (SSSR count). The zero-order valence-corrected chi connectivity index (χ0v) is 14.7. The molecule has 2 fully saturated rings. The molecule has 0 spiro atoms. The first-order valence-corrected chi connectivity index (χ1v) is 9.11. The first kappa shape index (κ1) is 17.9. The fraction of sp³-hybridized carbons (Fsp3) is 0.579. The molecule has 1 aromatic rings. The first-order chi connectivity index (χ1) is 12.0. The van der Waals surface area contributed by atoms with Crippen LogP contribution in [0, 0.1) is 11.7 Å². The smallest absolute Gasteiger partial charge is 0.253 e. The summed E-state index contributed by atoms with van der Waals surface area (Å²) in [6.07, 6.45) is 2.55. The second kappa shape index (κ2) is 7.95. The molecule has 2 heterocycles. The highest BCUT2D eigenvalue weighted by Crippen LogP contribution is 2.20. The van der Waals surface area contributed by atoms with Gasteiger partial charge in [-0.2, -0.15) is 0 Å². The summed E-state index contributed by atoms with van der Waals surface area (Å²) in [5, 5.41) is 3.38. The second-order valence-electron chi connectivity index (χ2n) is 7.05. The van der Waals surface area contributed by atoms with E-state index in [0.29, 0.717) is 37.8 Å². The molecule has 1 N–H and O–H groups in total. The van der Waals surface area contributed by atoms with Crippen molar-refractivity contribution in [2.24, 2.45) is 5.92 Å². The van der Waals surface area contributed by atoms with Gasteiger partial charge in [-0.05, 0) is 57.0 Å². The second-order valence-corrected chi connectivity index (χ2v) is 7.05. The van der Waals surface area contributed by atoms with Crippen LogP contribution in [0.3, 0.4) is 0 Å². The van der Waals surface area contributed by atoms with E-state index in [1.165, 1.54) is 24.3 Å². The molecule has 6 heteroatoms. The molecule has 1 aromatic carbocycles. The predicted octanol–water partition coefficient (Wildman–Crippen LogP) is 1.89. The van der Waals surface area contributed by atoms with Crippen molar-refractivity contribution < 1.29 is 14.0 Å². The number of carbonyl (C=O) groups excluding carboxylic acids is 2. The van der Waals surface area contributed by atoms with Crippen LogP contribution in [-0.2, 0) is 4.79 Å². The Bertz CT molecular complexity index is 620. The monoisotopic (exact) mass is 347 g/mol. The van der Waals surface area contributed by atoms with Gasteiger partial charge in [-0.15, -0.1) is 0 Å². The quantitative estimate of drug-likeness (QED) is 0.889. The molecule has 0 unspecified atom stereocenters. The van der Waals surface area contributed by atoms with E-state index < -0.39 is 0 Å². The van der Waals surface area contributed by atoms with E-state index in [1.54, 1.807) is 4.90 Å². The van der Waals surface area contributed by atoms with Crippen LogP contribution in [0.5, 0.6) is 0 Å². The maximum atomic E-state index is 13.0. The minimum absolute atomic E-state index is 0.0928. The lowest BCUT2D eigenvalue weighted by Gasteiger charge is -2.31. The molecule has 2 aliphatic heterocycles. The van der Waals surface area contributed by atoms with Crippen LogP contribution >= 0.6 is 0 Å². The van der Waals surface area contributed by atoms with Crippen LogP contribution in [0.2, 0.25) is 0 Å². The van der Waals surface area contributed by atoms with Crippen molar-refractivity contribution in [1.29, 1.82) is 0 Å². The Morgan fingerprint density at radius 3 is 2.48 bits per heavy atom. The number of amides is 2. The number of halogens is 1. The van der Waals surface area contributed by atoms with E-state index >= 15 is 0 Å². The van der Waals surface area contributed by atoms with E-state index in [2.05, 4.69) is 12.2 Å². The molecule has 0 aliphatic carbocycles. The summed E-state index contributed by atoms with van der Waals surface area (Å²) in [7, 11) is 0. The third-order valence-corrected chi connectivity index (χ3v) is 5.16. The van der Waals surface area contributed by atoms with Crippen molar-refractivity contribution in [1.82, 2.24) is 15.1 Å². The fourth-order valence-electron chi connectivity index (χ4n) is 3.73. The highest BCUT2D eigenvalue weighted by molar-refractivity contribution is 5.94. The topological polar surface area (TPSA) is 52.7 Å². The lowest BCUT2D eigenvalue weighted by atomic mass is 9.92. The fourth-order valence-corrected chi connectivity index (χ4v) is 3.73. The van der Waals surface area contributed by atoms with Gasteiger partial charge >= 0.3 is 0 Å². The van der Waals surface area contributed by atoms with E-state index in [9.17, 15) is 14.0 Å². The standard InChI is InChI=1S/C19H26FN3O2/c1-14-13-16(7-8-21-14)19(25)23-10-2-9-22(11-12-23)18(24)15-3-5-17(20)6-4-15/h3-6,14,16,21H,2,7-13H2,1H3/t14-,16-/m0/s1. The van der Waals surface area contributed by atoms with Crippen LogP contribution in [0.1, 0.15) is 36.5 Å². The Labute approximate surface area is 148 Å². The van der Waals surface area contributed by atoms with E-state index in [0.717, 1.165) is 25.8 Å². The van der Waals surface area contributed by atoms with E-state index in [1.807, 2.05) is 4.90 Å². The predicted molar refractivity (Wildman–Crippen MR) is 93.7 cm³/mol. The third kappa shape index (κ3) is 4.37. The molecule has 2 atom stereocenters. The number of hydrogen-bond donors (Lipinski definition) is 1. The Morgan fingerprint density at radius 1 is 1.08 bits per heavy atom. The van der Waals surface area contributed by atoms with Crippen LogP contribution in [0.25, 0.3) is 0 Å². The van der Waals surface area contributed by atoms with Gasteiger partial charge in [-0.1, -0.05) is 0 Å². The molecule has 0 radical (unpaired) electrons. The Morgan fingerprint density at radius 2 is 1.76 bits per heavy atom. The van der Waals surface area contributed by atoms with Gasteiger partial charge in [0.25, 0.3) is 5.91 Å². The van der Waals surface area contributed by atoms with Crippen LogP contribution < -0.4 is 5.32 Å². The van der Waals surface area contributed by atoms with Gasteiger partial charge in [0.05, 0.1) is 0 Å². The maximum Gasteiger partial charge on any atom is 0.253 e. The third-order valence-electron chi connectivity index (χ3n) is 5.16. The normalized spacial score (nSPS) is 24.7. The largest absolute Gasteiger partial charge is 0.341 e. The summed E-state index contributed by atoms with van der Waals surface area (Å²) >= 11 is 0. The first-order valence-electron chi connectivity index (χ1n) is 9.11. The average molecular weight is 347 g/mol. The zero-order valence-electron chi connectivity index (χ0n) is 14.7. The van der Waals surface area contributed by atoms with Crippen LogP contribution in [-0.4, -0.2) is 60.4 Å². The Hall–Kier alpha value is -1.95. The number of nitrogens with zero attached hydrogens (tertiary/aromatic N) is 2. The number of hydrogen-bond acceptors (Lipinski definition) is 3. The van der Waals surface area contributed by atoms with E-state index in [4.69, 9.17) is 0 Å². The van der Waals surface area contributed by atoms with Gasteiger partial charge in [-0.25, -0.2) is 4.39 Å².